The summed E-state index contributed by atoms with van der Waals surface area (Å²) in [6, 6.07) is 6.10. The van der Waals surface area contributed by atoms with Gasteiger partial charge < -0.3 is 10.1 Å². The molecule has 0 radical (unpaired) electrons. The second-order valence-corrected chi connectivity index (χ2v) is 3.27. The van der Waals surface area contributed by atoms with Crippen molar-refractivity contribution in [1.82, 2.24) is 5.32 Å². The molecule has 0 fully saturated rings. The van der Waals surface area contributed by atoms with Gasteiger partial charge in [-0.2, -0.15) is 0 Å². The van der Waals surface area contributed by atoms with Crippen LogP contribution in [-0.2, 0) is 11.3 Å². The van der Waals surface area contributed by atoms with Crippen molar-refractivity contribution < 1.29 is 17.9 Å². The molecular weight excluding hydrogens is 219 g/mol. The number of benzene rings is 1. The highest BCUT2D eigenvalue weighted by atomic mass is 19.3. The average Bonchev–Trinajstić information content (AvgIpc) is 2.25. The average molecular weight is 233 g/mol. The molecule has 90 valence electrons. The smallest absolute Gasteiger partial charge is 0.261 e. The Bertz CT molecular complexity index is 290. The molecule has 0 aromatic heterocycles. The number of nitrogens with one attached hydrogen (secondary N) is 1. The van der Waals surface area contributed by atoms with Gasteiger partial charge in [0.1, 0.15) is 12.4 Å². The molecule has 0 bridgehead atoms. The lowest BCUT2D eigenvalue weighted by molar-refractivity contribution is 0.0187. The molecule has 0 aliphatic rings. The summed E-state index contributed by atoms with van der Waals surface area (Å²) in [5, 5.41) is 3.00. The molecule has 5 heteroatoms. The summed E-state index contributed by atoms with van der Waals surface area (Å²) in [6.07, 6.45) is -2.42. The van der Waals surface area contributed by atoms with E-state index in [4.69, 9.17) is 0 Å². The molecule has 1 aromatic rings. The van der Waals surface area contributed by atoms with E-state index in [9.17, 15) is 13.2 Å². The molecule has 16 heavy (non-hydrogen) atoms. The fourth-order valence-corrected chi connectivity index (χ4v) is 1.15. The van der Waals surface area contributed by atoms with E-state index in [0.717, 1.165) is 5.56 Å². The van der Waals surface area contributed by atoms with Gasteiger partial charge in [0.2, 0.25) is 0 Å². The number of alkyl halides is 2. The van der Waals surface area contributed by atoms with Crippen LogP contribution in [0.5, 0.6) is 0 Å². The van der Waals surface area contributed by atoms with Crippen LogP contribution in [0.2, 0.25) is 0 Å². The number of hydrogen-bond donors (Lipinski definition) is 1. The summed E-state index contributed by atoms with van der Waals surface area (Å²) in [7, 11) is 0. The highest BCUT2D eigenvalue weighted by Crippen LogP contribution is 2.01. The van der Waals surface area contributed by atoms with Crippen molar-refractivity contribution in [3.63, 3.8) is 0 Å². The number of ether oxygens (including phenoxy) is 1. The second kappa shape index (κ2) is 7.24. The molecule has 0 saturated heterocycles. The number of halogens is 3. The third-order valence-electron chi connectivity index (χ3n) is 1.91. The van der Waals surface area contributed by atoms with Gasteiger partial charge in [0.05, 0.1) is 6.61 Å². The van der Waals surface area contributed by atoms with E-state index < -0.39 is 13.0 Å². The standard InChI is InChI=1S/C11H14F3NO/c12-10-3-1-9(2-4-10)7-15-5-6-16-8-11(13)14/h1-4,11,15H,5-8H2. The van der Waals surface area contributed by atoms with Gasteiger partial charge in [-0.05, 0) is 17.7 Å². The first kappa shape index (κ1) is 13.0. The van der Waals surface area contributed by atoms with E-state index in [1.54, 1.807) is 12.1 Å². The first-order valence-corrected chi connectivity index (χ1v) is 4.99. The fraction of sp³-hybridized carbons (Fsp3) is 0.455. The predicted octanol–water partition coefficient (Wildman–Crippen LogP) is 2.20. The maximum Gasteiger partial charge on any atom is 0.261 e. The minimum absolute atomic E-state index is 0.242. The Kier molecular flexibility index (Phi) is 5.88. The van der Waals surface area contributed by atoms with Crippen molar-refractivity contribution in [3.8, 4) is 0 Å². The summed E-state index contributed by atoms with van der Waals surface area (Å²) < 4.78 is 40.6. The van der Waals surface area contributed by atoms with Gasteiger partial charge in [0.15, 0.2) is 0 Å². The Morgan fingerprint density at radius 2 is 1.88 bits per heavy atom. The second-order valence-electron chi connectivity index (χ2n) is 3.27. The van der Waals surface area contributed by atoms with Crippen molar-refractivity contribution >= 4 is 0 Å². The summed E-state index contributed by atoms with van der Waals surface area (Å²) in [4.78, 5) is 0. The van der Waals surface area contributed by atoms with Crippen LogP contribution < -0.4 is 5.32 Å². The predicted molar refractivity (Wildman–Crippen MR) is 54.9 cm³/mol. The monoisotopic (exact) mass is 233 g/mol. The Morgan fingerprint density at radius 1 is 1.19 bits per heavy atom. The van der Waals surface area contributed by atoms with Gasteiger partial charge in [-0.3, -0.25) is 0 Å². The first-order valence-electron chi connectivity index (χ1n) is 4.99. The van der Waals surface area contributed by atoms with Crippen LogP contribution in [0.3, 0.4) is 0 Å². The molecule has 1 aromatic carbocycles. The van der Waals surface area contributed by atoms with Crippen LogP contribution in [0.25, 0.3) is 0 Å². The van der Waals surface area contributed by atoms with E-state index in [2.05, 4.69) is 10.1 Å². The van der Waals surface area contributed by atoms with E-state index in [1.807, 2.05) is 0 Å². The normalized spacial score (nSPS) is 11.0. The van der Waals surface area contributed by atoms with Crippen LogP contribution in [0.4, 0.5) is 13.2 Å². The van der Waals surface area contributed by atoms with Crippen molar-refractivity contribution in [2.24, 2.45) is 0 Å². The van der Waals surface area contributed by atoms with E-state index in [-0.39, 0.29) is 12.4 Å². The van der Waals surface area contributed by atoms with Crippen LogP contribution in [0, 0.1) is 5.82 Å². The van der Waals surface area contributed by atoms with E-state index in [0.29, 0.717) is 13.1 Å². The molecule has 0 aliphatic carbocycles. The van der Waals surface area contributed by atoms with Gasteiger partial charge in [-0.1, -0.05) is 12.1 Å². The van der Waals surface area contributed by atoms with Crippen LogP contribution >= 0.6 is 0 Å². The third-order valence-corrected chi connectivity index (χ3v) is 1.91. The lowest BCUT2D eigenvalue weighted by Gasteiger charge is -2.05. The SMILES string of the molecule is Fc1ccc(CNCCOCC(F)F)cc1. The first-order chi connectivity index (χ1) is 7.68. The molecule has 1 rings (SSSR count). The maximum atomic E-state index is 12.5. The van der Waals surface area contributed by atoms with Gasteiger partial charge in [0.25, 0.3) is 6.43 Å². The molecule has 0 unspecified atom stereocenters. The zero-order valence-corrected chi connectivity index (χ0v) is 8.76. The largest absolute Gasteiger partial charge is 0.374 e. The maximum absolute atomic E-state index is 12.5. The zero-order chi connectivity index (χ0) is 11.8. The molecule has 0 atom stereocenters. The molecule has 1 N–H and O–H groups in total. The van der Waals surface area contributed by atoms with Gasteiger partial charge in [-0.25, -0.2) is 13.2 Å². The Morgan fingerprint density at radius 3 is 2.50 bits per heavy atom. The molecule has 0 heterocycles. The Hall–Kier alpha value is -1.07. The molecule has 0 amide bonds. The van der Waals surface area contributed by atoms with Crippen LogP contribution in [0.15, 0.2) is 24.3 Å². The lowest BCUT2D eigenvalue weighted by Crippen LogP contribution is -2.20. The van der Waals surface area contributed by atoms with Crippen molar-refractivity contribution in [2.45, 2.75) is 13.0 Å². The summed E-state index contributed by atoms with van der Waals surface area (Å²) in [6.45, 7) is 0.770. The van der Waals surface area contributed by atoms with Gasteiger partial charge in [-0.15, -0.1) is 0 Å². The third kappa shape index (κ3) is 5.72. The van der Waals surface area contributed by atoms with E-state index in [1.165, 1.54) is 12.1 Å². The highest BCUT2D eigenvalue weighted by Gasteiger charge is 2.00. The topological polar surface area (TPSA) is 21.3 Å². The van der Waals surface area contributed by atoms with Gasteiger partial charge in [0, 0.05) is 13.1 Å². The fourth-order valence-electron chi connectivity index (χ4n) is 1.15. The summed E-state index contributed by atoms with van der Waals surface area (Å²) in [5.41, 5.74) is 0.940. The van der Waals surface area contributed by atoms with Crippen molar-refractivity contribution in [3.05, 3.63) is 35.6 Å². The zero-order valence-electron chi connectivity index (χ0n) is 8.76. The molecular formula is C11H14F3NO. The van der Waals surface area contributed by atoms with E-state index >= 15 is 0 Å². The van der Waals surface area contributed by atoms with Gasteiger partial charge >= 0.3 is 0 Å². The molecule has 2 nitrogen and oxygen atoms in total. The summed E-state index contributed by atoms with van der Waals surface area (Å²) >= 11 is 0. The highest BCUT2D eigenvalue weighted by molar-refractivity contribution is 5.15. The molecule has 0 aliphatic heterocycles. The van der Waals surface area contributed by atoms with Crippen molar-refractivity contribution in [1.29, 1.82) is 0 Å². The summed E-state index contributed by atoms with van der Waals surface area (Å²) in [5.74, 6) is -0.274. The number of hydrogen-bond acceptors (Lipinski definition) is 2. The Balaban J connectivity index is 2.05. The minimum atomic E-state index is -2.42. The Labute approximate surface area is 92.4 Å². The number of rotatable bonds is 7. The van der Waals surface area contributed by atoms with Crippen LogP contribution in [0.1, 0.15) is 5.56 Å². The molecule has 0 spiro atoms. The van der Waals surface area contributed by atoms with Crippen molar-refractivity contribution in [2.75, 3.05) is 19.8 Å². The lowest BCUT2D eigenvalue weighted by atomic mass is 10.2. The minimum Gasteiger partial charge on any atom is -0.374 e. The molecule has 0 saturated carbocycles. The van der Waals surface area contributed by atoms with Crippen LogP contribution in [-0.4, -0.2) is 26.2 Å². The quantitative estimate of drug-likeness (QED) is 0.729.